The molecule has 0 amide bonds. The fraction of sp³-hybridized carbons (Fsp3) is 0.235. The Morgan fingerprint density at radius 3 is 2.90 bits per heavy atom. The van der Waals surface area contributed by atoms with Crippen LogP contribution in [0, 0.1) is 0 Å². The topological polar surface area (TPSA) is 12.9 Å². The molecule has 0 spiro atoms. The molecule has 3 rings (SSSR count). The van der Waals surface area contributed by atoms with Crippen molar-refractivity contribution < 1.29 is 0 Å². The quantitative estimate of drug-likeness (QED) is 0.679. The minimum Gasteiger partial charge on any atom is -0.255 e. The molecule has 0 saturated carbocycles. The molecule has 0 aromatic carbocycles. The monoisotopic (exact) mass is 299 g/mol. The van der Waals surface area contributed by atoms with E-state index in [1.165, 1.54) is 20.2 Å². The van der Waals surface area contributed by atoms with Gasteiger partial charge < -0.3 is 0 Å². The smallest absolute Gasteiger partial charge is 0.0801 e. The second-order valence-corrected chi connectivity index (χ2v) is 7.51. The van der Waals surface area contributed by atoms with E-state index in [4.69, 9.17) is 0 Å². The zero-order valence-electron chi connectivity index (χ0n) is 11.5. The standard InChI is InChI=1S/C17H17NS2/c1-12(2)11-13-6-7-16(19-13)17-9-8-15(20-17)14-5-3-4-10-18-14/h3-5,7-10,13H,1,6,11H2,2H3. The van der Waals surface area contributed by atoms with Crippen LogP contribution in [0.5, 0.6) is 0 Å². The van der Waals surface area contributed by atoms with Crippen LogP contribution in [0.1, 0.15) is 24.6 Å². The Morgan fingerprint density at radius 1 is 1.30 bits per heavy atom. The molecular formula is C17H17NS2. The number of thiophene rings is 1. The first-order chi connectivity index (χ1) is 9.72. The molecule has 20 heavy (non-hydrogen) atoms. The summed E-state index contributed by atoms with van der Waals surface area (Å²) in [5.74, 6) is 0. The molecule has 1 unspecified atom stereocenters. The van der Waals surface area contributed by atoms with E-state index in [-0.39, 0.29) is 0 Å². The lowest BCUT2D eigenvalue weighted by molar-refractivity contribution is 0.870. The van der Waals surface area contributed by atoms with E-state index in [1.807, 2.05) is 41.4 Å². The van der Waals surface area contributed by atoms with Crippen LogP contribution >= 0.6 is 23.1 Å². The second-order valence-electron chi connectivity index (χ2n) is 5.08. The maximum Gasteiger partial charge on any atom is 0.0801 e. The fourth-order valence-corrected chi connectivity index (χ4v) is 4.79. The van der Waals surface area contributed by atoms with Crippen molar-refractivity contribution in [1.82, 2.24) is 4.98 Å². The Morgan fingerprint density at radius 2 is 2.15 bits per heavy atom. The van der Waals surface area contributed by atoms with E-state index in [0.717, 1.165) is 18.5 Å². The van der Waals surface area contributed by atoms with Crippen LogP contribution in [-0.4, -0.2) is 10.2 Å². The minimum absolute atomic E-state index is 0.669. The van der Waals surface area contributed by atoms with Crippen molar-refractivity contribution in [2.75, 3.05) is 0 Å². The highest BCUT2D eigenvalue weighted by molar-refractivity contribution is 8.09. The fourth-order valence-electron chi connectivity index (χ4n) is 2.30. The van der Waals surface area contributed by atoms with Crippen LogP contribution in [-0.2, 0) is 0 Å². The lowest BCUT2D eigenvalue weighted by Gasteiger charge is -2.08. The van der Waals surface area contributed by atoms with Crippen LogP contribution in [0.25, 0.3) is 15.5 Å². The molecule has 102 valence electrons. The molecule has 3 heteroatoms. The number of rotatable bonds is 4. The Balaban J connectivity index is 1.74. The van der Waals surface area contributed by atoms with Gasteiger partial charge in [-0.1, -0.05) is 17.7 Å². The highest BCUT2D eigenvalue weighted by Gasteiger charge is 2.20. The van der Waals surface area contributed by atoms with Gasteiger partial charge in [-0.25, -0.2) is 0 Å². The van der Waals surface area contributed by atoms with Gasteiger partial charge in [-0.15, -0.1) is 29.7 Å². The molecule has 0 bridgehead atoms. The van der Waals surface area contributed by atoms with Crippen LogP contribution in [0.2, 0.25) is 0 Å². The summed E-state index contributed by atoms with van der Waals surface area (Å²) in [6.07, 6.45) is 6.49. The number of hydrogen-bond acceptors (Lipinski definition) is 3. The first-order valence-corrected chi connectivity index (χ1v) is 8.45. The summed E-state index contributed by atoms with van der Waals surface area (Å²) in [6, 6.07) is 10.5. The number of pyridine rings is 1. The Kier molecular flexibility index (Phi) is 4.08. The summed E-state index contributed by atoms with van der Waals surface area (Å²) >= 11 is 3.82. The summed E-state index contributed by atoms with van der Waals surface area (Å²) in [4.78, 5) is 8.44. The van der Waals surface area contributed by atoms with Crippen molar-refractivity contribution in [2.45, 2.75) is 25.0 Å². The van der Waals surface area contributed by atoms with E-state index >= 15 is 0 Å². The molecule has 2 aromatic rings. The summed E-state index contributed by atoms with van der Waals surface area (Å²) in [6.45, 7) is 6.13. The molecule has 1 aliphatic rings. The molecule has 0 saturated heterocycles. The number of hydrogen-bond donors (Lipinski definition) is 0. The van der Waals surface area contributed by atoms with Crippen molar-refractivity contribution in [3.63, 3.8) is 0 Å². The summed E-state index contributed by atoms with van der Waals surface area (Å²) in [5.41, 5.74) is 2.34. The van der Waals surface area contributed by atoms with Crippen LogP contribution < -0.4 is 0 Å². The highest BCUT2D eigenvalue weighted by atomic mass is 32.2. The molecule has 0 radical (unpaired) electrons. The number of nitrogens with zero attached hydrogens (tertiary/aromatic N) is 1. The van der Waals surface area contributed by atoms with Gasteiger partial charge in [-0.3, -0.25) is 4.98 Å². The third-order valence-electron chi connectivity index (χ3n) is 3.20. The summed E-state index contributed by atoms with van der Waals surface area (Å²) < 4.78 is 0. The van der Waals surface area contributed by atoms with Gasteiger partial charge in [0.1, 0.15) is 0 Å². The van der Waals surface area contributed by atoms with Crippen molar-refractivity contribution in [2.24, 2.45) is 0 Å². The molecule has 1 aliphatic heterocycles. The lowest BCUT2D eigenvalue weighted by Crippen LogP contribution is -1.96. The molecule has 0 N–H and O–H groups in total. The Hall–Kier alpha value is -1.32. The lowest BCUT2D eigenvalue weighted by atomic mass is 10.1. The average molecular weight is 299 g/mol. The van der Waals surface area contributed by atoms with Crippen molar-refractivity contribution in [1.29, 1.82) is 0 Å². The summed E-state index contributed by atoms with van der Waals surface area (Å²) in [5, 5.41) is 0.669. The second kappa shape index (κ2) is 5.98. The highest BCUT2D eigenvalue weighted by Crippen LogP contribution is 2.44. The van der Waals surface area contributed by atoms with Gasteiger partial charge in [0.25, 0.3) is 0 Å². The molecule has 1 atom stereocenters. The summed E-state index contributed by atoms with van der Waals surface area (Å²) in [7, 11) is 0. The minimum atomic E-state index is 0.669. The molecular weight excluding hydrogens is 282 g/mol. The Labute approximate surface area is 128 Å². The third-order valence-corrected chi connectivity index (χ3v) is 5.81. The van der Waals surface area contributed by atoms with Gasteiger partial charge >= 0.3 is 0 Å². The Bertz CT molecular complexity index is 640. The zero-order valence-corrected chi connectivity index (χ0v) is 13.1. The van der Waals surface area contributed by atoms with Gasteiger partial charge in [-0.2, -0.15) is 0 Å². The van der Waals surface area contributed by atoms with Crippen LogP contribution in [0.3, 0.4) is 0 Å². The van der Waals surface area contributed by atoms with E-state index in [0.29, 0.717) is 5.25 Å². The maximum absolute atomic E-state index is 4.42. The third kappa shape index (κ3) is 3.05. The maximum atomic E-state index is 4.42. The number of allylic oxidation sites excluding steroid dienone is 2. The predicted molar refractivity (Wildman–Crippen MR) is 91.0 cm³/mol. The van der Waals surface area contributed by atoms with Gasteiger partial charge in [0.15, 0.2) is 0 Å². The number of aromatic nitrogens is 1. The average Bonchev–Trinajstić information content (AvgIpc) is 3.07. The van der Waals surface area contributed by atoms with Gasteiger partial charge in [0, 0.05) is 21.2 Å². The van der Waals surface area contributed by atoms with E-state index in [9.17, 15) is 0 Å². The van der Waals surface area contributed by atoms with E-state index in [1.54, 1.807) is 0 Å². The molecule has 1 nitrogen and oxygen atoms in total. The molecule has 0 aliphatic carbocycles. The van der Waals surface area contributed by atoms with Crippen molar-refractivity contribution in [3.05, 3.63) is 59.6 Å². The van der Waals surface area contributed by atoms with Crippen molar-refractivity contribution in [3.8, 4) is 10.6 Å². The SMILES string of the molecule is C=C(C)CC1CC=C(c2ccc(-c3ccccn3)s2)S1. The van der Waals surface area contributed by atoms with E-state index in [2.05, 4.69) is 42.8 Å². The van der Waals surface area contributed by atoms with Gasteiger partial charge in [0.2, 0.25) is 0 Å². The zero-order chi connectivity index (χ0) is 13.9. The largest absolute Gasteiger partial charge is 0.255 e. The van der Waals surface area contributed by atoms with Crippen LogP contribution in [0.4, 0.5) is 0 Å². The number of thioether (sulfide) groups is 1. The predicted octanol–water partition coefficient (Wildman–Crippen LogP) is 5.62. The van der Waals surface area contributed by atoms with Gasteiger partial charge in [0.05, 0.1) is 10.6 Å². The van der Waals surface area contributed by atoms with E-state index < -0.39 is 0 Å². The van der Waals surface area contributed by atoms with Gasteiger partial charge in [-0.05, 0) is 44.0 Å². The first kappa shape index (κ1) is 13.7. The van der Waals surface area contributed by atoms with Crippen LogP contribution in [0.15, 0.2) is 54.8 Å². The molecule has 2 aromatic heterocycles. The molecule has 0 fully saturated rings. The van der Waals surface area contributed by atoms with Crippen molar-refractivity contribution >= 4 is 28.0 Å². The first-order valence-electron chi connectivity index (χ1n) is 6.75. The normalized spacial score (nSPS) is 18.1. The molecule has 3 heterocycles.